The molecule has 138 valence electrons. The lowest BCUT2D eigenvalue weighted by Gasteiger charge is -2.28. The number of phenols is 1. The van der Waals surface area contributed by atoms with Gasteiger partial charge in [-0.1, -0.05) is 20.8 Å². The van der Waals surface area contributed by atoms with Crippen LogP contribution in [0.25, 0.3) is 6.08 Å². The third-order valence-electron chi connectivity index (χ3n) is 3.70. The summed E-state index contributed by atoms with van der Waals surface area (Å²) in [6.45, 7) is 13.2. The van der Waals surface area contributed by atoms with E-state index < -0.39 is 0 Å². The monoisotopic (exact) mass is 346 g/mol. The van der Waals surface area contributed by atoms with Gasteiger partial charge in [-0.05, 0) is 50.0 Å². The third kappa shape index (κ3) is 5.93. The molecule has 25 heavy (non-hydrogen) atoms. The van der Waals surface area contributed by atoms with Crippen molar-refractivity contribution in [1.29, 1.82) is 0 Å². The molecular weight excluding hydrogens is 316 g/mol. The maximum atomic E-state index is 12.0. The van der Waals surface area contributed by atoms with Crippen molar-refractivity contribution in [2.24, 2.45) is 0 Å². The Bertz CT molecular complexity index is 692. The molecule has 0 spiro atoms. The number of carbonyl (C=O) groups is 2. The second-order valence-corrected chi connectivity index (χ2v) is 8.33. The fourth-order valence-corrected chi connectivity index (χ4v) is 2.35. The van der Waals surface area contributed by atoms with Crippen molar-refractivity contribution in [3.05, 3.63) is 29.3 Å². The zero-order chi connectivity index (χ0) is 19.6. The van der Waals surface area contributed by atoms with Gasteiger partial charge in [0.1, 0.15) is 5.75 Å². The van der Waals surface area contributed by atoms with E-state index in [1.54, 1.807) is 30.2 Å². The predicted molar refractivity (Wildman–Crippen MR) is 103 cm³/mol. The van der Waals surface area contributed by atoms with Crippen LogP contribution < -0.4 is 10.2 Å². The molecule has 5 nitrogen and oxygen atoms in total. The zero-order valence-corrected chi connectivity index (χ0v) is 16.5. The average Bonchev–Trinajstić information content (AvgIpc) is 2.41. The van der Waals surface area contributed by atoms with Crippen LogP contribution in [0.5, 0.6) is 5.75 Å². The van der Waals surface area contributed by atoms with E-state index in [1.807, 2.05) is 41.5 Å². The van der Waals surface area contributed by atoms with Crippen molar-refractivity contribution in [1.82, 2.24) is 5.32 Å². The van der Waals surface area contributed by atoms with Crippen LogP contribution in [0.15, 0.2) is 18.2 Å². The molecule has 1 aromatic rings. The molecule has 2 N–H and O–H groups in total. The summed E-state index contributed by atoms with van der Waals surface area (Å²) < 4.78 is 0. The summed E-state index contributed by atoms with van der Waals surface area (Å²) in [4.78, 5) is 25.3. The van der Waals surface area contributed by atoms with Gasteiger partial charge >= 0.3 is 0 Å². The SMILES string of the molecule is CC(=O)N(C)c1cc(/C=C/C(=O)NC(C)(C)C)c(O)cc1C(C)(C)C. The van der Waals surface area contributed by atoms with Crippen LogP contribution in [0, 0.1) is 0 Å². The Labute approximate surface area is 150 Å². The van der Waals surface area contributed by atoms with E-state index in [4.69, 9.17) is 0 Å². The van der Waals surface area contributed by atoms with Crippen LogP contribution in [0.2, 0.25) is 0 Å². The first-order valence-electron chi connectivity index (χ1n) is 8.34. The van der Waals surface area contributed by atoms with E-state index >= 15 is 0 Å². The van der Waals surface area contributed by atoms with Crippen molar-refractivity contribution in [2.75, 3.05) is 11.9 Å². The van der Waals surface area contributed by atoms with E-state index in [2.05, 4.69) is 5.32 Å². The van der Waals surface area contributed by atoms with Gasteiger partial charge in [-0.25, -0.2) is 0 Å². The Morgan fingerprint density at radius 1 is 1.12 bits per heavy atom. The highest BCUT2D eigenvalue weighted by molar-refractivity contribution is 5.95. The van der Waals surface area contributed by atoms with Crippen molar-refractivity contribution >= 4 is 23.6 Å². The Hall–Kier alpha value is -2.30. The van der Waals surface area contributed by atoms with E-state index in [9.17, 15) is 14.7 Å². The number of amides is 2. The van der Waals surface area contributed by atoms with Gasteiger partial charge in [-0.2, -0.15) is 0 Å². The number of phenolic OH excluding ortho intramolecular Hbond substituents is 1. The normalized spacial score (nSPS) is 12.3. The van der Waals surface area contributed by atoms with Gasteiger partial charge < -0.3 is 15.3 Å². The van der Waals surface area contributed by atoms with Crippen molar-refractivity contribution < 1.29 is 14.7 Å². The molecule has 0 saturated carbocycles. The molecule has 0 aliphatic heterocycles. The number of hydrogen-bond donors (Lipinski definition) is 2. The van der Waals surface area contributed by atoms with Crippen LogP contribution >= 0.6 is 0 Å². The molecule has 0 aliphatic rings. The minimum atomic E-state index is -0.334. The molecule has 0 bridgehead atoms. The fourth-order valence-electron chi connectivity index (χ4n) is 2.35. The molecule has 0 unspecified atom stereocenters. The predicted octanol–water partition coefficient (Wildman–Crippen LogP) is 3.60. The quantitative estimate of drug-likeness (QED) is 0.822. The molecule has 0 aromatic heterocycles. The molecule has 1 rings (SSSR count). The maximum Gasteiger partial charge on any atom is 0.244 e. The molecule has 0 aliphatic carbocycles. The molecule has 5 heteroatoms. The van der Waals surface area contributed by atoms with Gasteiger partial charge in [0.2, 0.25) is 11.8 Å². The summed E-state index contributed by atoms with van der Waals surface area (Å²) in [5.41, 5.74) is 1.48. The van der Waals surface area contributed by atoms with Crippen LogP contribution in [-0.2, 0) is 15.0 Å². The minimum absolute atomic E-state index is 0.0745. The van der Waals surface area contributed by atoms with Crippen LogP contribution in [-0.4, -0.2) is 29.5 Å². The highest BCUT2D eigenvalue weighted by Crippen LogP contribution is 2.37. The number of carbonyl (C=O) groups excluding carboxylic acids is 2. The van der Waals surface area contributed by atoms with Crippen LogP contribution in [0.4, 0.5) is 5.69 Å². The number of benzene rings is 1. The number of rotatable bonds is 3. The minimum Gasteiger partial charge on any atom is -0.507 e. The van der Waals surface area contributed by atoms with Crippen LogP contribution in [0.1, 0.15) is 59.6 Å². The smallest absolute Gasteiger partial charge is 0.244 e. The first-order chi connectivity index (χ1) is 11.2. The number of nitrogens with one attached hydrogen (secondary N) is 1. The second kappa shape index (κ2) is 7.30. The summed E-state index contributed by atoms with van der Waals surface area (Å²) >= 11 is 0. The summed E-state index contributed by atoms with van der Waals surface area (Å²) in [6, 6.07) is 3.40. The lowest BCUT2D eigenvalue weighted by atomic mass is 9.84. The van der Waals surface area contributed by atoms with Gasteiger partial charge in [0, 0.05) is 36.8 Å². The van der Waals surface area contributed by atoms with Gasteiger partial charge in [0.25, 0.3) is 0 Å². The topological polar surface area (TPSA) is 69.6 Å². The highest BCUT2D eigenvalue weighted by atomic mass is 16.3. The fraction of sp³-hybridized carbons (Fsp3) is 0.500. The molecule has 0 radical (unpaired) electrons. The Kier molecular flexibility index (Phi) is 6.05. The van der Waals surface area contributed by atoms with Crippen molar-refractivity contribution in [3.63, 3.8) is 0 Å². The molecule has 2 amide bonds. The molecule has 0 saturated heterocycles. The van der Waals surface area contributed by atoms with E-state index in [0.717, 1.165) is 5.56 Å². The van der Waals surface area contributed by atoms with Gasteiger partial charge in [-0.3, -0.25) is 9.59 Å². The first kappa shape index (κ1) is 20.7. The molecule has 0 heterocycles. The van der Waals surface area contributed by atoms with Gasteiger partial charge in [0.05, 0.1) is 0 Å². The Balaban J connectivity index is 3.33. The Morgan fingerprint density at radius 2 is 1.68 bits per heavy atom. The lowest BCUT2D eigenvalue weighted by Crippen LogP contribution is -2.39. The molecule has 0 atom stereocenters. The van der Waals surface area contributed by atoms with Gasteiger partial charge in [-0.15, -0.1) is 0 Å². The number of anilines is 1. The largest absolute Gasteiger partial charge is 0.507 e. The summed E-state index contributed by atoms with van der Waals surface area (Å²) in [6.07, 6.45) is 2.94. The van der Waals surface area contributed by atoms with Crippen molar-refractivity contribution in [2.45, 2.75) is 59.4 Å². The average molecular weight is 346 g/mol. The molecule has 1 aromatic carbocycles. The number of hydrogen-bond acceptors (Lipinski definition) is 3. The van der Waals surface area contributed by atoms with Gasteiger partial charge in [0.15, 0.2) is 0 Å². The number of aromatic hydroxyl groups is 1. The number of nitrogens with zero attached hydrogens (tertiary/aromatic N) is 1. The first-order valence-corrected chi connectivity index (χ1v) is 8.34. The molecule has 0 fully saturated rings. The van der Waals surface area contributed by atoms with E-state index in [0.29, 0.717) is 11.3 Å². The van der Waals surface area contributed by atoms with Crippen LogP contribution in [0.3, 0.4) is 0 Å². The highest BCUT2D eigenvalue weighted by Gasteiger charge is 2.23. The summed E-state index contributed by atoms with van der Waals surface area (Å²) in [5.74, 6) is -0.268. The standard InChI is InChI=1S/C20H30N2O3/c1-13(23)22(8)16-11-14(9-10-18(25)21-20(5,6)7)17(24)12-15(16)19(2,3)4/h9-12,24H,1-8H3,(H,21,25)/b10-9+. The summed E-state index contributed by atoms with van der Waals surface area (Å²) in [5, 5.41) is 13.2. The maximum absolute atomic E-state index is 12.0. The molecular formula is C20H30N2O3. The zero-order valence-electron chi connectivity index (χ0n) is 16.5. The van der Waals surface area contributed by atoms with E-state index in [1.165, 1.54) is 13.0 Å². The van der Waals surface area contributed by atoms with E-state index in [-0.39, 0.29) is 28.5 Å². The summed E-state index contributed by atoms with van der Waals surface area (Å²) in [7, 11) is 1.70. The Morgan fingerprint density at radius 3 is 2.12 bits per heavy atom. The third-order valence-corrected chi connectivity index (χ3v) is 3.70. The lowest BCUT2D eigenvalue weighted by molar-refractivity contribution is -0.118. The second-order valence-electron chi connectivity index (χ2n) is 8.33. The van der Waals surface area contributed by atoms with Crippen molar-refractivity contribution in [3.8, 4) is 5.75 Å².